The monoisotopic (exact) mass is 304 g/mol. The Morgan fingerprint density at radius 3 is 2.55 bits per heavy atom. The number of aliphatic hydroxyl groups excluding tert-OH is 1. The lowest BCUT2D eigenvalue weighted by Gasteiger charge is -2.12. The van der Waals surface area contributed by atoms with Gasteiger partial charge in [-0.3, -0.25) is 4.18 Å². The van der Waals surface area contributed by atoms with Crippen molar-refractivity contribution in [3.8, 4) is 11.5 Å². The third kappa shape index (κ3) is 6.23. The van der Waals surface area contributed by atoms with Crippen LogP contribution in [-0.2, 0) is 20.7 Å². The van der Waals surface area contributed by atoms with Gasteiger partial charge in [0.1, 0.15) is 0 Å². The number of hydrogen-bond donors (Lipinski definition) is 1. The molecule has 114 valence electrons. The minimum Gasteiger partial charge on any atom is -0.493 e. The van der Waals surface area contributed by atoms with E-state index in [1.165, 1.54) is 7.11 Å². The molecule has 0 aliphatic rings. The number of aliphatic hydroxyl groups is 1. The molecule has 0 amide bonds. The van der Waals surface area contributed by atoms with Crippen LogP contribution in [0.5, 0.6) is 11.5 Å². The second-order valence-corrected chi connectivity index (χ2v) is 5.83. The molecule has 0 atom stereocenters. The first-order valence-corrected chi connectivity index (χ1v) is 8.03. The highest BCUT2D eigenvalue weighted by Gasteiger charge is 2.06. The zero-order valence-electron chi connectivity index (χ0n) is 11.7. The van der Waals surface area contributed by atoms with E-state index in [-0.39, 0.29) is 13.2 Å². The summed E-state index contributed by atoms with van der Waals surface area (Å²) in [5.41, 5.74) is 0.956. The Kier molecular flexibility index (Phi) is 6.77. The van der Waals surface area contributed by atoms with E-state index in [0.717, 1.165) is 11.8 Å². The molecule has 1 aromatic rings. The summed E-state index contributed by atoms with van der Waals surface area (Å²) in [6.07, 6.45) is 2.02. The fourth-order valence-corrected chi connectivity index (χ4v) is 1.99. The van der Waals surface area contributed by atoms with Gasteiger partial charge < -0.3 is 14.6 Å². The van der Waals surface area contributed by atoms with Gasteiger partial charge in [-0.1, -0.05) is 6.07 Å². The molecule has 6 nitrogen and oxygen atoms in total. The molecule has 20 heavy (non-hydrogen) atoms. The van der Waals surface area contributed by atoms with Gasteiger partial charge in [0, 0.05) is 13.0 Å². The van der Waals surface area contributed by atoms with Crippen molar-refractivity contribution in [2.75, 3.05) is 33.2 Å². The van der Waals surface area contributed by atoms with Crippen LogP contribution < -0.4 is 9.47 Å². The Morgan fingerprint density at radius 2 is 1.95 bits per heavy atom. The topological polar surface area (TPSA) is 82.1 Å². The van der Waals surface area contributed by atoms with Gasteiger partial charge >= 0.3 is 0 Å². The van der Waals surface area contributed by atoms with Crippen LogP contribution in [0.25, 0.3) is 0 Å². The number of rotatable bonds is 9. The average Bonchev–Trinajstić information content (AvgIpc) is 2.38. The molecule has 1 aromatic carbocycles. The van der Waals surface area contributed by atoms with Crippen molar-refractivity contribution in [3.05, 3.63) is 23.8 Å². The predicted octanol–water partition coefficient (Wildman–Crippen LogP) is 0.975. The first kappa shape index (κ1) is 16.7. The van der Waals surface area contributed by atoms with Gasteiger partial charge in [-0.05, 0) is 24.1 Å². The summed E-state index contributed by atoms with van der Waals surface area (Å²) in [4.78, 5) is 0. The summed E-state index contributed by atoms with van der Waals surface area (Å²) in [5.74, 6) is 1.16. The Hall–Kier alpha value is -1.31. The minimum absolute atomic E-state index is 0.0756. The van der Waals surface area contributed by atoms with Gasteiger partial charge in [0.05, 0.1) is 26.6 Å². The summed E-state index contributed by atoms with van der Waals surface area (Å²) < 4.78 is 36.9. The molecule has 0 fully saturated rings. The number of ether oxygens (including phenoxy) is 2. The highest BCUT2D eigenvalue weighted by molar-refractivity contribution is 7.85. The largest absolute Gasteiger partial charge is 0.493 e. The highest BCUT2D eigenvalue weighted by atomic mass is 32.2. The molecule has 0 saturated carbocycles. The Morgan fingerprint density at radius 1 is 1.20 bits per heavy atom. The van der Waals surface area contributed by atoms with Gasteiger partial charge in [0.25, 0.3) is 10.1 Å². The van der Waals surface area contributed by atoms with Crippen molar-refractivity contribution >= 4 is 10.1 Å². The Balaban J connectivity index is 2.47. The normalized spacial score (nSPS) is 11.3. The van der Waals surface area contributed by atoms with Crippen LogP contribution in [0.15, 0.2) is 18.2 Å². The lowest BCUT2D eigenvalue weighted by atomic mass is 10.1. The molecule has 0 spiro atoms. The van der Waals surface area contributed by atoms with Gasteiger partial charge in [-0.25, -0.2) is 0 Å². The van der Waals surface area contributed by atoms with Gasteiger partial charge in [-0.2, -0.15) is 8.42 Å². The third-order valence-electron chi connectivity index (χ3n) is 2.47. The van der Waals surface area contributed by atoms with E-state index in [1.807, 2.05) is 6.07 Å². The maximum absolute atomic E-state index is 10.8. The quantitative estimate of drug-likeness (QED) is 0.541. The van der Waals surface area contributed by atoms with E-state index in [1.54, 1.807) is 12.1 Å². The van der Waals surface area contributed by atoms with Crippen LogP contribution in [-0.4, -0.2) is 46.7 Å². The molecule has 0 heterocycles. The van der Waals surface area contributed by atoms with Crippen molar-refractivity contribution in [2.45, 2.75) is 12.8 Å². The zero-order chi connectivity index (χ0) is 15.0. The van der Waals surface area contributed by atoms with Crippen molar-refractivity contribution in [3.63, 3.8) is 0 Å². The summed E-state index contributed by atoms with van der Waals surface area (Å²) in [6, 6.07) is 5.42. The fraction of sp³-hybridized carbons (Fsp3) is 0.538. The summed E-state index contributed by atoms with van der Waals surface area (Å²) >= 11 is 0. The van der Waals surface area contributed by atoms with Crippen LogP contribution in [0, 0.1) is 0 Å². The van der Waals surface area contributed by atoms with Crippen LogP contribution in [0.2, 0.25) is 0 Å². The lowest BCUT2D eigenvalue weighted by Crippen LogP contribution is -2.08. The van der Waals surface area contributed by atoms with E-state index in [9.17, 15) is 8.42 Å². The molecular formula is C13H20O6S. The van der Waals surface area contributed by atoms with Crippen LogP contribution in [0.1, 0.15) is 12.0 Å². The first-order valence-electron chi connectivity index (χ1n) is 6.21. The fourth-order valence-electron chi connectivity index (χ4n) is 1.57. The number of methoxy groups -OCH3 is 1. The molecule has 7 heteroatoms. The molecule has 0 aliphatic carbocycles. The molecule has 0 radical (unpaired) electrons. The minimum atomic E-state index is -3.40. The Bertz CT molecular complexity index is 512. The third-order valence-corrected chi connectivity index (χ3v) is 3.07. The molecule has 0 saturated heterocycles. The van der Waals surface area contributed by atoms with E-state index >= 15 is 0 Å². The zero-order valence-corrected chi connectivity index (χ0v) is 12.5. The SMILES string of the molecule is COc1cc(CCO)ccc1OCCCOS(C)(=O)=O. The second kappa shape index (κ2) is 8.08. The van der Waals surface area contributed by atoms with E-state index in [2.05, 4.69) is 4.18 Å². The lowest BCUT2D eigenvalue weighted by molar-refractivity contribution is 0.244. The molecule has 0 aromatic heterocycles. The van der Waals surface area contributed by atoms with Gasteiger partial charge in [0.2, 0.25) is 0 Å². The molecule has 1 N–H and O–H groups in total. The van der Waals surface area contributed by atoms with Crippen LogP contribution in [0.4, 0.5) is 0 Å². The van der Waals surface area contributed by atoms with Crippen molar-refractivity contribution in [1.82, 2.24) is 0 Å². The van der Waals surface area contributed by atoms with Crippen LogP contribution in [0.3, 0.4) is 0 Å². The van der Waals surface area contributed by atoms with E-state index in [0.29, 0.717) is 30.9 Å². The van der Waals surface area contributed by atoms with E-state index < -0.39 is 10.1 Å². The second-order valence-electron chi connectivity index (χ2n) is 4.19. The molecular weight excluding hydrogens is 284 g/mol. The first-order chi connectivity index (χ1) is 9.46. The molecule has 0 bridgehead atoms. The number of hydrogen-bond acceptors (Lipinski definition) is 6. The van der Waals surface area contributed by atoms with Gasteiger partial charge in [0.15, 0.2) is 11.5 Å². The summed E-state index contributed by atoms with van der Waals surface area (Å²) in [6.45, 7) is 0.487. The van der Waals surface area contributed by atoms with Crippen molar-refractivity contribution in [1.29, 1.82) is 0 Å². The summed E-state index contributed by atoms with van der Waals surface area (Å²) in [5, 5.41) is 8.88. The highest BCUT2D eigenvalue weighted by Crippen LogP contribution is 2.28. The van der Waals surface area contributed by atoms with Gasteiger partial charge in [-0.15, -0.1) is 0 Å². The molecule has 0 aliphatic heterocycles. The van der Waals surface area contributed by atoms with Crippen molar-refractivity contribution < 1.29 is 27.2 Å². The molecule has 1 rings (SSSR count). The maximum atomic E-state index is 10.8. The van der Waals surface area contributed by atoms with Crippen molar-refractivity contribution in [2.24, 2.45) is 0 Å². The smallest absolute Gasteiger partial charge is 0.264 e. The maximum Gasteiger partial charge on any atom is 0.264 e. The van der Waals surface area contributed by atoms with Crippen LogP contribution >= 0.6 is 0 Å². The number of benzene rings is 1. The summed E-state index contributed by atoms with van der Waals surface area (Å²) in [7, 11) is -1.86. The van der Waals surface area contributed by atoms with E-state index in [4.69, 9.17) is 14.6 Å². The Labute approximate surface area is 119 Å². The molecule has 0 unspecified atom stereocenters. The predicted molar refractivity (Wildman–Crippen MR) is 74.7 cm³/mol. The average molecular weight is 304 g/mol. The standard InChI is InChI=1S/C13H20O6S/c1-17-13-10-11(6-7-14)4-5-12(13)18-8-3-9-19-20(2,15)16/h4-5,10,14H,3,6-9H2,1-2H3.